The molecule has 1 aliphatic rings. The monoisotopic (exact) mass is 118 g/mol. The molecule has 0 saturated heterocycles. The molecule has 0 radical (unpaired) electrons. The Morgan fingerprint density at radius 2 is 2.33 bits per heavy atom. The van der Waals surface area contributed by atoms with Gasteiger partial charge in [-0.15, -0.1) is 6.08 Å². The highest BCUT2D eigenvalue weighted by Gasteiger charge is 1.89. The first kappa shape index (κ1) is 5.04. The second-order valence-electron chi connectivity index (χ2n) is 2.51. The van der Waals surface area contributed by atoms with E-state index in [2.05, 4.69) is 34.9 Å². The number of aromatic nitrogens is 1. The number of fused-ring (bicyclic) bond motifs is 1. The number of rotatable bonds is 0. The van der Waals surface area contributed by atoms with E-state index < -0.39 is 0 Å². The van der Waals surface area contributed by atoms with Gasteiger partial charge in [0, 0.05) is 0 Å². The minimum absolute atomic E-state index is 0.676. The van der Waals surface area contributed by atoms with Crippen LogP contribution in [-0.4, -0.2) is 11.0 Å². The van der Waals surface area contributed by atoms with Crippen LogP contribution in [-0.2, 0) is 12.9 Å². The van der Waals surface area contributed by atoms with E-state index in [9.17, 15) is 0 Å². The molecule has 0 amide bonds. The molecule has 1 aromatic rings. The van der Waals surface area contributed by atoms with Gasteiger partial charge in [-0.05, 0) is 19.2 Å². The molecule has 0 unspecified atom stereocenters. The molecule has 46 valence electrons. The molecule has 1 aliphatic heterocycles. The van der Waals surface area contributed by atoms with Crippen molar-refractivity contribution in [3.63, 3.8) is 0 Å². The lowest BCUT2D eigenvalue weighted by molar-refractivity contribution is 0.870. The number of allylic oxidation sites excluding steroid dienone is 2. The Balaban J connectivity index is 2.46. The van der Waals surface area contributed by atoms with E-state index in [0.29, 0.717) is 6.49 Å². The lowest BCUT2D eigenvalue weighted by atomic mass is 9.72. The zero-order valence-electron chi connectivity index (χ0n) is 5.33. The van der Waals surface area contributed by atoms with Crippen molar-refractivity contribution in [3.8, 4) is 0 Å². The van der Waals surface area contributed by atoms with Crippen molar-refractivity contribution in [2.24, 2.45) is 0 Å². The van der Waals surface area contributed by atoms with Crippen molar-refractivity contribution in [2.45, 2.75) is 12.9 Å². The van der Waals surface area contributed by atoms with E-state index in [1.165, 1.54) is 6.32 Å². The molecule has 0 spiro atoms. The van der Waals surface area contributed by atoms with Gasteiger partial charge in [-0.25, -0.2) is 5.96 Å². The molecule has 0 atom stereocenters. The Bertz CT molecular complexity index is 214. The van der Waals surface area contributed by atoms with Crippen LogP contribution in [0.4, 0.5) is 0 Å². The van der Waals surface area contributed by atoms with Gasteiger partial charge in [0.25, 0.3) is 0 Å². The van der Waals surface area contributed by atoms with Gasteiger partial charge in [-0.3, -0.25) is 0 Å². The fourth-order valence-electron chi connectivity index (χ4n) is 1.35. The highest BCUT2D eigenvalue weighted by molar-refractivity contribution is 6.45. The lowest BCUT2D eigenvalue weighted by Crippen LogP contribution is -2.14. The van der Waals surface area contributed by atoms with Crippen LogP contribution in [0, 0.1) is 0 Å². The van der Waals surface area contributed by atoms with Crippen LogP contribution in [0.3, 0.4) is 0 Å². The quantitative estimate of drug-likeness (QED) is 0.449. The minimum atomic E-state index is 0.676. The first-order valence-corrected chi connectivity index (χ1v) is 3.39. The summed E-state index contributed by atoms with van der Waals surface area (Å²) < 4.78 is 2.35. The molecule has 0 saturated carbocycles. The van der Waals surface area contributed by atoms with Crippen LogP contribution in [0.2, 0.25) is 0 Å². The Labute approximate surface area is 55.1 Å². The van der Waals surface area contributed by atoms with Gasteiger partial charge in [-0.2, -0.15) is 6.32 Å². The molecule has 2 rings (SSSR count). The van der Waals surface area contributed by atoms with Gasteiger partial charge in [0.05, 0.1) is 0 Å². The van der Waals surface area contributed by atoms with E-state index in [1.807, 2.05) is 0 Å². The zero-order chi connectivity index (χ0) is 6.10. The minimum Gasteiger partial charge on any atom is -0.563 e. The first-order valence-electron chi connectivity index (χ1n) is 3.39. The third-order valence-corrected chi connectivity index (χ3v) is 1.90. The van der Waals surface area contributed by atoms with Crippen LogP contribution in [0.5, 0.6) is 0 Å². The fourth-order valence-corrected chi connectivity index (χ4v) is 1.35. The zero-order valence-corrected chi connectivity index (χ0v) is 5.33. The van der Waals surface area contributed by atoms with E-state index in [4.69, 9.17) is 0 Å². The average molecular weight is 118 g/mol. The molecular formula is C7H9BN-. The highest BCUT2D eigenvalue weighted by Crippen LogP contribution is 1.98. The Morgan fingerprint density at radius 1 is 1.33 bits per heavy atom. The highest BCUT2D eigenvalue weighted by atomic mass is 14.9. The molecule has 0 aliphatic carbocycles. The molecule has 9 heavy (non-hydrogen) atoms. The van der Waals surface area contributed by atoms with E-state index in [0.717, 1.165) is 6.54 Å². The maximum absolute atomic E-state index is 2.35. The molecular weight excluding hydrogens is 109 g/mol. The Hall–Kier alpha value is -0.785. The summed E-state index contributed by atoms with van der Waals surface area (Å²) in [5.41, 5.74) is 0. The maximum atomic E-state index is 2.35. The standard InChI is InChI=1S/C7H9BN/c1-2-6-9-7-3-5-8(9)4-1/h1-3,5,7H,4,6H2/q-1. The topological polar surface area (TPSA) is 4.93 Å². The molecule has 2 heteroatoms. The third-order valence-electron chi connectivity index (χ3n) is 1.90. The molecule has 1 nitrogen and oxygen atoms in total. The largest absolute Gasteiger partial charge is 0.563 e. The van der Waals surface area contributed by atoms with Crippen molar-refractivity contribution in [2.75, 3.05) is 0 Å². The summed E-state index contributed by atoms with van der Waals surface area (Å²) >= 11 is 0. The predicted molar refractivity (Wildman–Crippen MR) is 39.5 cm³/mol. The van der Waals surface area contributed by atoms with E-state index in [-0.39, 0.29) is 0 Å². The second-order valence-corrected chi connectivity index (χ2v) is 2.51. The second kappa shape index (κ2) is 1.87. The summed E-state index contributed by atoms with van der Waals surface area (Å²) in [6, 6.07) is 2.14. The van der Waals surface area contributed by atoms with E-state index >= 15 is 0 Å². The van der Waals surface area contributed by atoms with Gasteiger partial charge in [0.1, 0.15) is 0 Å². The molecule has 0 bridgehead atoms. The van der Waals surface area contributed by atoms with Crippen molar-refractivity contribution in [3.05, 3.63) is 30.4 Å². The third kappa shape index (κ3) is 0.746. The SMILES string of the molecule is C1=CCn2ccc[b-]2C1. The van der Waals surface area contributed by atoms with Crippen LogP contribution in [0.15, 0.2) is 30.4 Å². The first-order chi connectivity index (χ1) is 4.47. The molecule has 0 fully saturated rings. The summed E-state index contributed by atoms with van der Waals surface area (Å²) in [4.78, 5) is 0. The Morgan fingerprint density at radius 3 is 3.22 bits per heavy atom. The summed E-state index contributed by atoms with van der Waals surface area (Å²) in [6.07, 6.45) is 7.83. The summed E-state index contributed by atoms with van der Waals surface area (Å²) in [5, 5.41) is 0. The van der Waals surface area contributed by atoms with Crippen molar-refractivity contribution >= 4 is 6.49 Å². The van der Waals surface area contributed by atoms with Gasteiger partial charge in [-0.1, -0.05) is 12.1 Å². The van der Waals surface area contributed by atoms with Crippen LogP contribution < -0.4 is 0 Å². The number of hydrogen-bond acceptors (Lipinski definition) is 0. The maximum Gasteiger partial charge on any atom is -0.00326 e. The number of nitrogens with zero attached hydrogens (tertiary/aromatic N) is 1. The summed E-state index contributed by atoms with van der Waals surface area (Å²) in [5.74, 6) is 2.25. The van der Waals surface area contributed by atoms with E-state index in [1.54, 1.807) is 0 Å². The average Bonchev–Trinajstić information content (AvgIpc) is 2.33. The summed E-state index contributed by atoms with van der Waals surface area (Å²) in [6.45, 7) is 1.77. The molecule has 1 aromatic heterocycles. The number of hydrogen-bond donors (Lipinski definition) is 0. The van der Waals surface area contributed by atoms with Gasteiger partial charge in [0.15, 0.2) is 0 Å². The molecule has 0 aromatic carbocycles. The van der Waals surface area contributed by atoms with Crippen molar-refractivity contribution < 1.29 is 0 Å². The Kier molecular flexibility index (Phi) is 1.05. The van der Waals surface area contributed by atoms with Crippen LogP contribution >= 0.6 is 0 Å². The van der Waals surface area contributed by atoms with Crippen LogP contribution in [0.25, 0.3) is 0 Å². The van der Waals surface area contributed by atoms with Gasteiger partial charge >= 0.3 is 0 Å². The van der Waals surface area contributed by atoms with Gasteiger partial charge < -0.3 is 4.47 Å². The smallest absolute Gasteiger partial charge is 0.00326 e. The van der Waals surface area contributed by atoms with Crippen molar-refractivity contribution in [1.82, 2.24) is 4.47 Å². The molecule has 2 heterocycles. The normalized spacial score (nSPS) is 15.6. The van der Waals surface area contributed by atoms with Crippen LogP contribution in [0.1, 0.15) is 0 Å². The van der Waals surface area contributed by atoms with Crippen molar-refractivity contribution in [1.29, 1.82) is 0 Å². The van der Waals surface area contributed by atoms with Gasteiger partial charge in [0.2, 0.25) is 0 Å². The fraction of sp³-hybridized carbons (Fsp3) is 0.286. The molecule has 0 N–H and O–H groups in total. The predicted octanol–water partition coefficient (Wildman–Crippen LogP) is 1.08. The lowest BCUT2D eigenvalue weighted by Gasteiger charge is -2.19. The summed E-state index contributed by atoms with van der Waals surface area (Å²) in [7, 11) is 0.